The fraction of sp³-hybridized carbons (Fsp3) is 0.269. The predicted octanol–water partition coefficient (Wildman–Crippen LogP) is 2.59. The van der Waals surface area contributed by atoms with E-state index in [1.165, 1.54) is 4.90 Å². The maximum Gasteiger partial charge on any atom is 0.278 e. The number of hydrogen-bond donors (Lipinski definition) is 0. The van der Waals surface area contributed by atoms with Gasteiger partial charge in [-0.25, -0.2) is 9.97 Å². The number of benzene rings is 1. The van der Waals surface area contributed by atoms with Gasteiger partial charge in [0, 0.05) is 51.0 Å². The zero-order valence-electron chi connectivity index (χ0n) is 19.3. The summed E-state index contributed by atoms with van der Waals surface area (Å²) in [4.78, 5) is 45.5. The van der Waals surface area contributed by atoms with Crippen LogP contribution in [0.3, 0.4) is 0 Å². The van der Waals surface area contributed by atoms with Gasteiger partial charge in [0.05, 0.1) is 12.1 Å². The molecule has 34 heavy (non-hydrogen) atoms. The van der Waals surface area contributed by atoms with Crippen molar-refractivity contribution in [3.63, 3.8) is 0 Å². The zero-order chi connectivity index (χ0) is 23.7. The number of rotatable bonds is 5. The first-order chi connectivity index (χ1) is 16.5. The largest absolute Gasteiger partial charge is 0.363 e. The normalized spacial score (nSPS) is 16.6. The Morgan fingerprint density at radius 1 is 0.794 bits per heavy atom. The molecule has 1 saturated heterocycles. The molecule has 0 unspecified atom stereocenters. The lowest BCUT2D eigenvalue weighted by Gasteiger charge is -2.36. The zero-order valence-corrected chi connectivity index (χ0v) is 19.3. The second-order valence-electron chi connectivity index (χ2n) is 8.60. The molecule has 5 rings (SSSR count). The molecule has 4 heterocycles. The summed E-state index contributed by atoms with van der Waals surface area (Å²) >= 11 is 0. The number of imide groups is 1. The number of pyridine rings is 1. The van der Waals surface area contributed by atoms with Crippen LogP contribution in [0, 0.1) is 13.8 Å². The molecular weight excluding hydrogens is 428 g/mol. The SMILES string of the molecule is Cc1ccc(C2=C(N3CCN(c4ncccn4)CC3)C(=O)N(Cc3ccncc3)C2=O)cc1C. The Balaban J connectivity index is 1.48. The first-order valence-corrected chi connectivity index (χ1v) is 11.4. The van der Waals surface area contributed by atoms with Crippen molar-refractivity contribution in [2.75, 3.05) is 31.1 Å². The Hall–Kier alpha value is -4.07. The number of hydrogen-bond acceptors (Lipinski definition) is 7. The third-order valence-corrected chi connectivity index (χ3v) is 6.46. The van der Waals surface area contributed by atoms with Crippen molar-refractivity contribution >= 4 is 23.3 Å². The summed E-state index contributed by atoms with van der Waals surface area (Å²) in [6.07, 6.45) is 6.80. The number of aromatic nitrogens is 3. The Bertz CT molecular complexity index is 1250. The van der Waals surface area contributed by atoms with Crippen molar-refractivity contribution in [3.05, 3.63) is 89.1 Å². The van der Waals surface area contributed by atoms with Crippen LogP contribution in [0.15, 0.2) is 66.9 Å². The van der Waals surface area contributed by atoms with Gasteiger partial charge in [-0.1, -0.05) is 18.2 Å². The minimum atomic E-state index is -0.256. The van der Waals surface area contributed by atoms with E-state index in [2.05, 4.69) is 19.9 Å². The molecule has 0 saturated carbocycles. The van der Waals surface area contributed by atoms with Crippen LogP contribution in [0.2, 0.25) is 0 Å². The summed E-state index contributed by atoms with van der Waals surface area (Å²) in [7, 11) is 0. The van der Waals surface area contributed by atoms with Gasteiger partial charge in [-0.2, -0.15) is 0 Å². The highest BCUT2D eigenvalue weighted by Gasteiger charge is 2.42. The van der Waals surface area contributed by atoms with Gasteiger partial charge in [0.25, 0.3) is 11.8 Å². The molecule has 8 heteroatoms. The number of nitrogens with zero attached hydrogens (tertiary/aromatic N) is 6. The molecule has 0 bridgehead atoms. The highest BCUT2D eigenvalue weighted by molar-refractivity contribution is 6.35. The van der Waals surface area contributed by atoms with E-state index in [0.717, 1.165) is 22.3 Å². The minimum Gasteiger partial charge on any atom is -0.363 e. The highest BCUT2D eigenvalue weighted by Crippen LogP contribution is 2.34. The highest BCUT2D eigenvalue weighted by atomic mass is 16.2. The third kappa shape index (κ3) is 4.03. The summed E-state index contributed by atoms with van der Waals surface area (Å²) in [5.41, 5.74) is 4.84. The van der Waals surface area contributed by atoms with E-state index in [-0.39, 0.29) is 18.4 Å². The third-order valence-electron chi connectivity index (χ3n) is 6.46. The van der Waals surface area contributed by atoms with Gasteiger partial charge in [0.15, 0.2) is 0 Å². The molecule has 2 aliphatic rings. The van der Waals surface area contributed by atoms with Crippen molar-refractivity contribution in [3.8, 4) is 0 Å². The van der Waals surface area contributed by atoms with Gasteiger partial charge < -0.3 is 9.80 Å². The average Bonchev–Trinajstić information content (AvgIpc) is 3.12. The topological polar surface area (TPSA) is 82.5 Å². The van der Waals surface area contributed by atoms with Crippen LogP contribution in [0.1, 0.15) is 22.3 Å². The Kier molecular flexibility index (Phi) is 5.79. The van der Waals surface area contributed by atoms with E-state index in [4.69, 9.17) is 0 Å². The standard InChI is InChI=1S/C26H26N6O2/c1-18-4-5-21(16-19(18)2)22-23(25(34)32(24(22)33)17-20-6-10-27-11-7-20)30-12-14-31(15-13-30)26-28-8-3-9-29-26/h3-11,16H,12-15,17H2,1-2H3. The molecule has 2 amide bonds. The van der Waals surface area contributed by atoms with Crippen LogP contribution >= 0.6 is 0 Å². The number of anilines is 1. The number of carbonyl (C=O) groups is 2. The van der Waals surface area contributed by atoms with Crippen LogP contribution in [0.5, 0.6) is 0 Å². The molecule has 0 N–H and O–H groups in total. The average molecular weight is 455 g/mol. The molecule has 1 fully saturated rings. The fourth-order valence-electron chi connectivity index (χ4n) is 4.41. The maximum atomic E-state index is 13.7. The molecule has 172 valence electrons. The van der Waals surface area contributed by atoms with Crippen LogP contribution in [0.4, 0.5) is 5.95 Å². The monoisotopic (exact) mass is 454 g/mol. The number of amides is 2. The van der Waals surface area contributed by atoms with Crippen LogP contribution in [0.25, 0.3) is 5.57 Å². The molecule has 0 spiro atoms. The van der Waals surface area contributed by atoms with Crippen LogP contribution in [-0.4, -0.2) is 62.7 Å². The molecule has 8 nitrogen and oxygen atoms in total. The molecule has 0 aliphatic carbocycles. The van der Waals surface area contributed by atoms with Crippen molar-refractivity contribution in [2.24, 2.45) is 0 Å². The quantitative estimate of drug-likeness (QED) is 0.548. The van der Waals surface area contributed by atoms with Crippen molar-refractivity contribution in [1.29, 1.82) is 0 Å². The van der Waals surface area contributed by atoms with Gasteiger partial charge in [0.2, 0.25) is 5.95 Å². The molecule has 3 aromatic rings. The summed E-state index contributed by atoms with van der Waals surface area (Å²) < 4.78 is 0. The molecule has 0 atom stereocenters. The Morgan fingerprint density at radius 3 is 2.15 bits per heavy atom. The Labute approximate surface area is 198 Å². The summed E-state index contributed by atoms with van der Waals surface area (Å²) in [6, 6.07) is 11.4. The van der Waals surface area contributed by atoms with Gasteiger partial charge in [-0.05, 0) is 54.3 Å². The van der Waals surface area contributed by atoms with Gasteiger partial charge in [-0.15, -0.1) is 0 Å². The van der Waals surface area contributed by atoms with Crippen molar-refractivity contribution in [2.45, 2.75) is 20.4 Å². The summed E-state index contributed by atoms with van der Waals surface area (Å²) in [5.74, 6) is 0.173. The predicted molar refractivity (Wildman–Crippen MR) is 128 cm³/mol. The van der Waals surface area contributed by atoms with Gasteiger partial charge in [-0.3, -0.25) is 19.5 Å². The van der Waals surface area contributed by atoms with Crippen molar-refractivity contribution < 1.29 is 9.59 Å². The second-order valence-corrected chi connectivity index (χ2v) is 8.60. The molecule has 1 aromatic carbocycles. The lowest BCUT2D eigenvalue weighted by atomic mass is 9.99. The summed E-state index contributed by atoms with van der Waals surface area (Å²) in [5, 5.41) is 0. The summed E-state index contributed by atoms with van der Waals surface area (Å²) in [6.45, 7) is 6.81. The van der Waals surface area contributed by atoms with Crippen molar-refractivity contribution in [1.82, 2.24) is 24.8 Å². The lowest BCUT2D eigenvalue weighted by Crippen LogP contribution is -2.48. The smallest absolute Gasteiger partial charge is 0.278 e. The van der Waals surface area contributed by atoms with E-state index in [0.29, 0.717) is 43.4 Å². The number of aryl methyl sites for hydroxylation is 2. The molecule has 0 radical (unpaired) electrons. The maximum absolute atomic E-state index is 13.7. The van der Waals surface area contributed by atoms with E-state index in [1.807, 2.05) is 49.1 Å². The van der Waals surface area contributed by atoms with Gasteiger partial charge in [0.1, 0.15) is 5.70 Å². The molecule has 2 aliphatic heterocycles. The molecule has 2 aromatic heterocycles. The fourth-order valence-corrected chi connectivity index (χ4v) is 4.41. The first-order valence-electron chi connectivity index (χ1n) is 11.4. The van der Waals surface area contributed by atoms with E-state index >= 15 is 0 Å². The minimum absolute atomic E-state index is 0.218. The Morgan fingerprint density at radius 2 is 1.47 bits per heavy atom. The second kappa shape index (κ2) is 9.05. The number of carbonyl (C=O) groups excluding carboxylic acids is 2. The van der Waals surface area contributed by atoms with E-state index < -0.39 is 0 Å². The first kappa shape index (κ1) is 21.8. The van der Waals surface area contributed by atoms with E-state index in [9.17, 15) is 9.59 Å². The van der Waals surface area contributed by atoms with Crippen LogP contribution in [-0.2, 0) is 16.1 Å². The van der Waals surface area contributed by atoms with E-state index in [1.54, 1.807) is 30.9 Å². The lowest BCUT2D eigenvalue weighted by molar-refractivity contribution is -0.138. The van der Waals surface area contributed by atoms with Gasteiger partial charge >= 0.3 is 0 Å². The van der Waals surface area contributed by atoms with Crippen LogP contribution < -0.4 is 4.90 Å². The molecular formula is C26H26N6O2. The number of piperazine rings is 1.